The van der Waals surface area contributed by atoms with Crippen LogP contribution in [-0.2, 0) is 18.6 Å². The lowest BCUT2D eigenvalue weighted by atomic mass is 10.0. The van der Waals surface area contributed by atoms with Crippen molar-refractivity contribution in [3.63, 3.8) is 0 Å². The molecule has 23 heavy (non-hydrogen) atoms. The van der Waals surface area contributed by atoms with Crippen LogP contribution in [0.1, 0.15) is 48.0 Å². The van der Waals surface area contributed by atoms with E-state index in [0.29, 0.717) is 6.61 Å². The van der Waals surface area contributed by atoms with E-state index in [-0.39, 0.29) is 29.5 Å². The maximum Gasteiger partial charge on any atom is 0.192 e. The molecular weight excluding hydrogens is 308 g/mol. The van der Waals surface area contributed by atoms with Gasteiger partial charge in [-0.25, -0.2) is 0 Å². The van der Waals surface area contributed by atoms with Crippen LogP contribution >= 0.6 is 0 Å². The number of ether oxygens (including phenoxy) is 3. The van der Waals surface area contributed by atoms with Crippen molar-refractivity contribution in [1.29, 1.82) is 0 Å². The summed E-state index contributed by atoms with van der Waals surface area (Å²) in [5, 5.41) is 0.189. The summed E-state index contributed by atoms with van der Waals surface area (Å²) in [6.07, 6.45) is 0.651. The third-order valence-electron chi connectivity index (χ3n) is 5.21. The Morgan fingerprint density at radius 1 is 1.13 bits per heavy atom. The van der Waals surface area contributed by atoms with E-state index in [9.17, 15) is 0 Å². The van der Waals surface area contributed by atoms with E-state index in [2.05, 4.69) is 40.4 Å². The Morgan fingerprint density at radius 3 is 2.13 bits per heavy atom. The standard InChI is InChI=1S/C18H34O4Si/c1-12(2)10-13-15-16(22-18(6,7)21-15)14(20-13)11-19-23(8,9)17(3,4)5/h13-16H,1,10-11H2,2-9H3/t13-,14-,15+,16-/m1/s1. The predicted molar refractivity (Wildman–Crippen MR) is 95.1 cm³/mol. The van der Waals surface area contributed by atoms with Gasteiger partial charge < -0.3 is 18.6 Å². The topological polar surface area (TPSA) is 36.9 Å². The van der Waals surface area contributed by atoms with E-state index >= 15 is 0 Å². The highest BCUT2D eigenvalue weighted by molar-refractivity contribution is 6.74. The normalized spacial score (nSPS) is 33.7. The van der Waals surface area contributed by atoms with Crippen molar-refractivity contribution in [3.8, 4) is 0 Å². The van der Waals surface area contributed by atoms with Crippen molar-refractivity contribution in [3.05, 3.63) is 12.2 Å². The summed E-state index contributed by atoms with van der Waals surface area (Å²) in [6.45, 7) is 21.8. The van der Waals surface area contributed by atoms with Gasteiger partial charge >= 0.3 is 0 Å². The van der Waals surface area contributed by atoms with E-state index in [1.807, 2.05) is 20.8 Å². The van der Waals surface area contributed by atoms with Gasteiger partial charge in [0.1, 0.15) is 18.3 Å². The second-order valence-corrected chi connectivity index (χ2v) is 13.8. The van der Waals surface area contributed by atoms with Crippen molar-refractivity contribution in [2.75, 3.05) is 6.61 Å². The van der Waals surface area contributed by atoms with Gasteiger partial charge in [0, 0.05) is 0 Å². The Hall–Kier alpha value is -0.203. The highest BCUT2D eigenvalue weighted by Gasteiger charge is 2.55. The lowest BCUT2D eigenvalue weighted by molar-refractivity contribution is -0.189. The van der Waals surface area contributed by atoms with E-state index in [0.717, 1.165) is 12.0 Å². The van der Waals surface area contributed by atoms with Crippen LogP contribution in [0.2, 0.25) is 18.1 Å². The lowest BCUT2D eigenvalue weighted by Crippen LogP contribution is -2.44. The highest BCUT2D eigenvalue weighted by atomic mass is 28.4. The van der Waals surface area contributed by atoms with Gasteiger partial charge in [-0.3, -0.25) is 0 Å². The summed E-state index contributed by atoms with van der Waals surface area (Å²) in [7, 11) is -1.80. The molecule has 0 unspecified atom stereocenters. The minimum atomic E-state index is -1.80. The van der Waals surface area contributed by atoms with Gasteiger partial charge in [-0.1, -0.05) is 26.3 Å². The highest BCUT2D eigenvalue weighted by Crippen LogP contribution is 2.42. The number of fused-ring (bicyclic) bond motifs is 1. The summed E-state index contributed by atoms with van der Waals surface area (Å²) in [6, 6.07) is 0. The molecule has 2 aliphatic rings. The molecule has 2 aliphatic heterocycles. The molecule has 2 fully saturated rings. The van der Waals surface area contributed by atoms with Gasteiger partial charge in [0.25, 0.3) is 0 Å². The average molecular weight is 343 g/mol. The monoisotopic (exact) mass is 342 g/mol. The van der Waals surface area contributed by atoms with E-state index in [1.54, 1.807) is 0 Å². The Kier molecular flexibility index (Phi) is 5.21. The number of hydrogen-bond acceptors (Lipinski definition) is 4. The van der Waals surface area contributed by atoms with Crippen molar-refractivity contribution < 1.29 is 18.6 Å². The maximum absolute atomic E-state index is 6.36. The molecule has 0 bridgehead atoms. The molecule has 2 heterocycles. The van der Waals surface area contributed by atoms with Gasteiger partial charge in [0.05, 0.1) is 12.7 Å². The second kappa shape index (κ2) is 6.26. The molecule has 4 nitrogen and oxygen atoms in total. The number of hydrogen-bond donors (Lipinski definition) is 0. The molecule has 4 atom stereocenters. The predicted octanol–water partition coefficient (Wildman–Crippen LogP) is 4.26. The quantitative estimate of drug-likeness (QED) is 0.552. The summed E-state index contributed by atoms with van der Waals surface area (Å²) in [5.41, 5.74) is 1.10. The zero-order valence-electron chi connectivity index (χ0n) is 16.1. The van der Waals surface area contributed by atoms with E-state index in [4.69, 9.17) is 18.6 Å². The Bertz CT molecular complexity index is 452. The molecule has 134 valence electrons. The fourth-order valence-electron chi connectivity index (χ4n) is 2.92. The minimum Gasteiger partial charge on any atom is -0.414 e. The van der Waals surface area contributed by atoms with Crippen molar-refractivity contribution in [2.45, 2.75) is 96.3 Å². The van der Waals surface area contributed by atoms with Crippen LogP contribution in [0.25, 0.3) is 0 Å². The molecule has 0 spiro atoms. The smallest absolute Gasteiger partial charge is 0.192 e. The fraction of sp³-hybridized carbons (Fsp3) is 0.889. The SMILES string of the molecule is C=C(C)C[C@H]1O[C@H](CO[Si](C)(C)C(C)(C)C)[C@H]2OC(C)(C)O[C@H]21. The molecule has 2 saturated heterocycles. The molecule has 5 heteroatoms. The van der Waals surface area contributed by atoms with Gasteiger partial charge in [0.15, 0.2) is 14.1 Å². The molecule has 0 saturated carbocycles. The molecule has 2 rings (SSSR count). The van der Waals surface area contributed by atoms with Gasteiger partial charge in [0.2, 0.25) is 0 Å². The first-order valence-electron chi connectivity index (χ1n) is 8.62. The lowest BCUT2D eigenvalue weighted by Gasteiger charge is -2.37. The summed E-state index contributed by atoms with van der Waals surface area (Å²) < 4.78 is 24.8. The molecule has 0 aromatic rings. The molecule has 0 amide bonds. The van der Waals surface area contributed by atoms with Crippen molar-refractivity contribution in [1.82, 2.24) is 0 Å². The third-order valence-corrected chi connectivity index (χ3v) is 9.71. The molecule has 0 aromatic heterocycles. The second-order valence-electron chi connectivity index (χ2n) is 9.01. The van der Waals surface area contributed by atoms with Crippen LogP contribution in [0.15, 0.2) is 12.2 Å². The van der Waals surface area contributed by atoms with Gasteiger partial charge in [-0.05, 0) is 45.3 Å². The largest absolute Gasteiger partial charge is 0.414 e. The number of rotatable bonds is 5. The molecule has 0 N–H and O–H groups in total. The molecule has 0 aromatic carbocycles. The van der Waals surface area contributed by atoms with E-state index < -0.39 is 14.1 Å². The molecule has 0 aliphatic carbocycles. The van der Waals surface area contributed by atoms with Crippen molar-refractivity contribution in [2.24, 2.45) is 0 Å². The fourth-order valence-corrected chi connectivity index (χ4v) is 3.93. The first-order valence-corrected chi connectivity index (χ1v) is 11.5. The van der Waals surface area contributed by atoms with Crippen LogP contribution in [-0.4, -0.2) is 45.1 Å². The van der Waals surface area contributed by atoms with Crippen LogP contribution in [0.3, 0.4) is 0 Å². The van der Waals surface area contributed by atoms with Gasteiger partial charge in [-0.2, -0.15) is 0 Å². The first kappa shape index (κ1) is 19.1. The summed E-state index contributed by atoms with van der Waals surface area (Å²) in [5.74, 6) is -0.554. The molecular formula is C18H34O4Si. The van der Waals surface area contributed by atoms with Crippen LogP contribution in [0.4, 0.5) is 0 Å². The van der Waals surface area contributed by atoms with Gasteiger partial charge in [-0.15, -0.1) is 6.58 Å². The Morgan fingerprint density at radius 2 is 1.65 bits per heavy atom. The first-order chi connectivity index (χ1) is 10.3. The zero-order chi connectivity index (χ0) is 17.6. The maximum atomic E-state index is 6.36. The van der Waals surface area contributed by atoms with E-state index in [1.165, 1.54) is 0 Å². The van der Waals surface area contributed by atoms with Crippen LogP contribution < -0.4 is 0 Å². The summed E-state index contributed by atoms with van der Waals surface area (Å²) >= 11 is 0. The van der Waals surface area contributed by atoms with Crippen molar-refractivity contribution >= 4 is 8.32 Å². The summed E-state index contributed by atoms with van der Waals surface area (Å²) in [4.78, 5) is 0. The zero-order valence-corrected chi connectivity index (χ0v) is 17.1. The van der Waals surface area contributed by atoms with Crippen LogP contribution in [0, 0.1) is 0 Å². The van der Waals surface area contributed by atoms with Crippen LogP contribution in [0.5, 0.6) is 0 Å². The Balaban J connectivity index is 2.06. The minimum absolute atomic E-state index is 0.00675. The molecule has 0 radical (unpaired) electrons. The Labute approximate surface area is 142 Å². The third kappa shape index (κ3) is 4.26. The average Bonchev–Trinajstić information content (AvgIpc) is 2.80.